The van der Waals surface area contributed by atoms with Crippen LogP contribution in [-0.2, 0) is 10.0 Å². The van der Waals surface area contributed by atoms with Gasteiger partial charge in [0.05, 0.1) is 5.25 Å². The van der Waals surface area contributed by atoms with Gasteiger partial charge in [-0.2, -0.15) is 0 Å². The minimum absolute atomic E-state index is 0.292. The number of hydrogen-bond donors (Lipinski definition) is 0. The number of rotatable bonds is 3. The monoisotopic (exact) mass is 260 g/mol. The van der Waals surface area contributed by atoms with Crippen molar-refractivity contribution in [1.29, 1.82) is 0 Å². The lowest BCUT2D eigenvalue weighted by atomic mass is 10.1. The molecule has 0 aromatic carbocycles. The third-order valence-corrected chi connectivity index (χ3v) is 6.21. The SMILES string of the molecule is CC(C)S(=O)(=O)N1CCCC(N2CCCC2)C1. The molecule has 2 saturated heterocycles. The summed E-state index contributed by atoms with van der Waals surface area (Å²) in [5.74, 6) is 0. The van der Waals surface area contributed by atoms with E-state index in [-0.39, 0.29) is 5.25 Å². The molecule has 17 heavy (non-hydrogen) atoms. The van der Waals surface area contributed by atoms with Gasteiger partial charge in [-0.3, -0.25) is 4.90 Å². The quantitative estimate of drug-likeness (QED) is 0.767. The molecule has 0 N–H and O–H groups in total. The lowest BCUT2D eigenvalue weighted by Gasteiger charge is -2.37. The number of likely N-dealkylation sites (tertiary alicyclic amines) is 1. The Balaban J connectivity index is 2.01. The molecule has 0 aromatic heterocycles. The molecule has 0 aliphatic carbocycles. The van der Waals surface area contributed by atoms with E-state index in [2.05, 4.69) is 4.90 Å². The van der Waals surface area contributed by atoms with Gasteiger partial charge >= 0.3 is 0 Å². The molecule has 2 aliphatic heterocycles. The average Bonchev–Trinajstić information content (AvgIpc) is 2.82. The predicted molar refractivity (Wildman–Crippen MR) is 69.5 cm³/mol. The second kappa shape index (κ2) is 5.24. The van der Waals surface area contributed by atoms with E-state index >= 15 is 0 Å². The third-order valence-electron chi connectivity index (χ3n) is 3.97. The molecule has 0 saturated carbocycles. The van der Waals surface area contributed by atoms with Gasteiger partial charge in [0.25, 0.3) is 0 Å². The summed E-state index contributed by atoms with van der Waals surface area (Å²) >= 11 is 0. The molecule has 2 heterocycles. The van der Waals surface area contributed by atoms with Crippen molar-refractivity contribution in [2.24, 2.45) is 0 Å². The van der Waals surface area contributed by atoms with E-state index in [9.17, 15) is 8.42 Å². The van der Waals surface area contributed by atoms with Gasteiger partial charge in [-0.15, -0.1) is 0 Å². The van der Waals surface area contributed by atoms with Crippen LogP contribution in [-0.4, -0.2) is 55.1 Å². The maximum absolute atomic E-state index is 12.2. The molecule has 0 spiro atoms. The van der Waals surface area contributed by atoms with Crippen molar-refractivity contribution in [2.45, 2.75) is 50.8 Å². The van der Waals surface area contributed by atoms with E-state index in [0.717, 1.165) is 25.9 Å². The maximum Gasteiger partial charge on any atom is 0.216 e. The first-order valence-electron chi connectivity index (χ1n) is 6.75. The fourth-order valence-corrected chi connectivity index (χ4v) is 4.21. The molecular weight excluding hydrogens is 236 g/mol. The van der Waals surface area contributed by atoms with Gasteiger partial charge in [0.1, 0.15) is 0 Å². The zero-order valence-corrected chi connectivity index (χ0v) is 11.7. The Bertz CT molecular complexity index is 348. The van der Waals surface area contributed by atoms with E-state index in [1.54, 1.807) is 18.2 Å². The molecule has 2 aliphatic rings. The van der Waals surface area contributed by atoms with Crippen molar-refractivity contribution in [3.05, 3.63) is 0 Å². The first-order chi connectivity index (χ1) is 8.01. The molecule has 5 heteroatoms. The van der Waals surface area contributed by atoms with Gasteiger partial charge in [-0.1, -0.05) is 0 Å². The van der Waals surface area contributed by atoms with E-state index in [0.29, 0.717) is 19.1 Å². The van der Waals surface area contributed by atoms with E-state index < -0.39 is 10.0 Å². The molecule has 2 rings (SSSR count). The lowest BCUT2D eigenvalue weighted by molar-refractivity contribution is 0.162. The summed E-state index contributed by atoms with van der Waals surface area (Å²) in [6, 6.07) is 0.458. The first-order valence-corrected chi connectivity index (χ1v) is 8.25. The second-order valence-corrected chi connectivity index (χ2v) is 7.98. The predicted octanol–water partition coefficient (Wildman–Crippen LogP) is 1.28. The van der Waals surface area contributed by atoms with Crippen molar-refractivity contribution in [2.75, 3.05) is 26.2 Å². The Morgan fingerprint density at radius 1 is 1.06 bits per heavy atom. The smallest absolute Gasteiger partial charge is 0.216 e. The Morgan fingerprint density at radius 2 is 1.71 bits per heavy atom. The molecule has 1 unspecified atom stereocenters. The van der Waals surface area contributed by atoms with Crippen LogP contribution >= 0.6 is 0 Å². The fourth-order valence-electron chi connectivity index (χ4n) is 2.85. The van der Waals surface area contributed by atoms with Gasteiger partial charge in [-0.05, 0) is 52.6 Å². The average molecular weight is 260 g/mol. The number of sulfonamides is 1. The minimum atomic E-state index is -3.06. The molecule has 2 fully saturated rings. The summed E-state index contributed by atoms with van der Waals surface area (Å²) in [5, 5.41) is -0.292. The van der Waals surface area contributed by atoms with Crippen LogP contribution in [0.25, 0.3) is 0 Å². The molecule has 0 amide bonds. The Hall–Kier alpha value is -0.130. The molecule has 0 radical (unpaired) electrons. The highest BCUT2D eigenvalue weighted by Gasteiger charge is 2.33. The minimum Gasteiger partial charge on any atom is -0.299 e. The summed E-state index contributed by atoms with van der Waals surface area (Å²) in [5.41, 5.74) is 0. The zero-order chi connectivity index (χ0) is 12.5. The van der Waals surface area contributed by atoms with Gasteiger partial charge in [-0.25, -0.2) is 12.7 Å². The zero-order valence-electron chi connectivity index (χ0n) is 10.9. The van der Waals surface area contributed by atoms with Crippen LogP contribution in [0.4, 0.5) is 0 Å². The number of piperidine rings is 1. The molecule has 4 nitrogen and oxygen atoms in total. The topological polar surface area (TPSA) is 40.6 Å². The van der Waals surface area contributed by atoms with Crippen LogP contribution in [0.5, 0.6) is 0 Å². The highest BCUT2D eigenvalue weighted by Crippen LogP contribution is 2.23. The maximum atomic E-state index is 12.2. The molecule has 0 aromatic rings. The summed E-state index contributed by atoms with van der Waals surface area (Å²) in [7, 11) is -3.06. The highest BCUT2D eigenvalue weighted by molar-refractivity contribution is 7.89. The van der Waals surface area contributed by atoms with E-state index in [1.165, 1.54) is 12.8 Å². The van der Waals surface area contributed by atoms with Crippen molar-refractivity contribution >= 4 is 10.0 Å². The van der Waals surface area contributed by atoms with Crippen LogP contribution in [0.1, 0.15) is 39.5 Å². The van der Waals surface area contributed by atoms with Crippen molar-refractivity contribution < 1.29 is 8.42 Å². The molecule has 0 bridgehead atoms. The van der Waals surface area contributed by atoms with Crippen molar-refractivity contribution in [3.63, 3.8) is 0 Å². The van der Waals surface area contributed by atoms with Gasteiger partial charge in [0.2, 0.25) is 10.0 Å². The number of nitrogens with zero attached hydrogens (tertiary/aromatic N) is 2. The van der Waals surface area contributed by atoms with Crippen LogP contribution in [0, 0.1) is 0 Å². The normalized spacial score (nSPS) is 29.0. The van der Waals surface area contributed by atoms with Crippen LogP contribution in [0.15, 0.2) is 0 Å². The lowest BCUT2D eigenvalue weighted by Crippen LogP contribution is -2.50. The third kappa shape index (κ3) is 2.83. The van der Waals surface area contributed by atoms with Crippen molar-refractivity contribution in [1.82, 2.24) is 9.21 Å². The first kappa shape index (κ1) is 13.3. The fraction of sp³-hybridized carbons (Fsp3) is 1.00. The van der Waals surface area contributed by atoms with E-state index in [4.69, 9.17) is 0 Å². The van der Waals surface area contributed by atoms with E-state index in [1.807, 2.05) is 0 Å². The Morgan fingerprint density at radius 3 is 2.29 bits per heavy atom. The largest absolute Gasteiger partial charge is 0.299 e. The molecular formula is C12H24N2O2S. The molecule has 100 valence electrons. The number of hydrogen-bond acceptors (Lipinski definition) is 3. The molecule has 1 atom stereocenters. The Labute approximate surface area is 105 Å². The summed E-state index contributed by atoms with van der Waals surface area (Å²) < 4.78 is 26.0. The summed E-state index contributed by atoms with van der Waals surface area (Å²) in [6.07, 6.45) is 4.71. The van der Waals surface area contributed by atoms with Crippen LogP contribution in [0.2, 0.25) is 0 Å². The standard InChI is InChI=1S/C12H24N2O2S/c1-11(2)17(15,16)14-9-5-6-12(10-14)13-7-3-4-8-13/h11-12H,3-10H2,1-2H3. The second-order valence-electron chi connectivity index (χ2n) is 5.49. The van der Waals surface area contributed by atoms with Gasteiger partial charge in [0.15, 0.2) is 0 Å². The Kier molecular flexibility index (Phi) is 4.10. The van der Waals surface area contributed by atoms with Crippen molar-refractivity contribution in [3.8, 4) is 0 Å². The highest BCUT2D eigenvalue weighted by atomic mass is 32.2. The summed E-state index contributed by atoms with van der Waals surface area (Å²) in [6.45, 7) is 7.27. The van der Waals surface area contributed by atoms with Gasteiger partial charge in [0, 0.05) is 19.1 Å². The van der Waals surface area contributed by atoms with Gasteiger partial charge < -0.3 is 0 Å². The van der Waals surface area contributed by atoms with Crippen LogP contribution < -0.4 is 0 Å². The summed E-state index contributed by atoms with van der Waals surface area (Å²) in [4.78, 5) is 2.47. The van der Waals surface area contributed by atoms with Crippen LogP contribution in [0.3, 0.4) is 0 Å².